The molecule has 94 valence electrons. The van der Waals surface area contributed by atoms with Gasteiger partial charge in [-0.1, -0.05) is 0 Å². The van der Waals surface area contributed by atoms with Crippen molar-refractivity contribution in [2.75, 3.05) is 7.11 Å². The molecule has 1 aromatic rings. The van der Waals surface area contributed by atoms with Gasteiger partial charge in [-0.05, 0) is 24.3 Å². The van der Waals surface area contributed by atoms with Gasteiger partial charge < -0.3 is 9.84 Å². The van der Waals surface area contributed by atoms with Crippen molar-refractivity contribution >= 4 is 5.78 Å². The van der Waals surface area contributed by atoms with Crippen LogP contribution in [0.15, 0.2) is 24.3 Å². The smallest absolute Gasteiger partial charge is 0.414 e. The summed E-state index contributed by atoms with van der Waals surface area (Å²) in [6.07, 6.45) is -8.38. The Morgan fingerprint density at radius 1 is 1.35 bits per heavy atom. The quantitative estimate of drug-likeness (QED) is 0.831. The molecule has 0 aliphatic heterocycles. The molecule has 1 atom stereocenters. The van der Waals surface area contributed by atoms with Gasteiger partial charge in [0.15, 0.2) is 11.9 Å². The second-order valence-electron chi connectivity index (χ2n) is 3.41. The van der Waals surface area contributed by atoms with Gasteiger partial charge in [-0.15, -0.1) is 0 Å². The van der Waals surface area contributed by atoms with E-state index in [0.29, 0.717) is 5.75 Å². The fourth-order valence-electron chi connectivity index (χ4n) is 1.19. The van der Waals surface area contributed by atoms with Gasteiger partial charge in [0.1, 0.15) is 5.75 Å². The number of halogens is 3. The summed E-state index contributed by atoms with van der Waals surface area (Å²) in [6, 6.07) is 5.63. The zero-order valence-electron chi connectivity index (χ0n) is 8.99. The number of carbonyl (C=O) groups is 1. The molecule has 6 heteroatoms. The summed E-state index contributed by atoms with van der Waals surface area (Å²) in [4.78, 5) is 11.4. The maximum Gasteiger partial charge on any atom is 0.414 e. The number of rotatable bonds is 4. The molecule has 0 fully saturated rings. The molecule has 3 nitrogen and oxygen atoms in total. The van der Waals surface area contributed by atoms with Gasteiger partial charge in [-0.3, -0.25) is 4.79 Å². The summed E-state index contributed by atoms with van der Waals surface area (Å²) in [6.45, 7) is 0. The summed E-state index contributed by atoms with van der Waals surface area (Å²) in [5.41, 5.74) is 0.106. The van der Waals surface area contributed by atoms with Crippen molar-refractivity contribution in [1.82, 2.24) is 0 Å². The fraction of sp³-hybridized carbons (Fsp3) is 0.364. The van der Waals surface area contributed by atoms with Gasteiger partial charge in [0, 0.05) is 12.0 Å². The van der Waals surface area contributed by atoms with E-state index < -0.39 is 24.5 Å². The number of carbonyl (C=O) groups excluding carboxylic acids is 1. The second-order valence-corrected chi connectivity index (χ2v) is 3.41. The molecular weight excluding hydrogens is 237 g/mol. The minimum atomic E-state index is -4.78. The van der Waals surface area contributed by atoms with Crippen LogP contribution in [0.1, 0.15) is 16.8 Å². The molecule has 0 heterocycles. The molecule has 17 heavy (non-hydrogen) atoms. The number of aliphatic hydroxyl groups is 1. The zero-order valence-corrected chi connectivity index (χ0v) is 8.99. The van der Waals surface area contributed by atoms with Crippen LogP contribution in [0.3, 0.4) is 0 Å². The molecule has 0 saturated carbocycles. The van der Waals surface area contributed by atoms with Gasteiger partial charge in [0.05, 0.1) is 7.11 Å². The second kappa shape index (κ2) is 5.18. The number of Topliss-reactive ketones (excluding diaryl/α,β-unsaturated/α-hetero) is 1. The first-order chi connectivity index (χ1) is 7.84. The van der Waals surface area contributed by atoms with Gasteiger partial charge in [0.25, 0.3) is 0 Å². The van der Waals surface area contributed by atoms with Crippen molar-refractivity contribution in [2.24, 2.45) is 0 Å². The lowest BCUT2D eigenvalue weighted by Crippen LogP contribution is -2.30. The third kappa shape index (κ3) is 3.74. The molecule has 0 aliphatic carbocycles. The topological polar surface area (TPSA) is 46.5 Å². The van der Waals surface area contributed by atoms with Crippen LogP contribution in [-0.2, 0) is 0 Å². The Hall–Kier alpha value is -1.56. The minimum Gasteiger partial charge on any atom is -0.497 e. The number of alkyl halides is 3. The highest BCUT2D eigenvalue weighted by Gasteiger charge is 2.39. The van der Waals surface area contributed by atoms with Gasteiger partial charge in [-0.2, -0.15) is 13.2 Å². The molecule has 0 radical (unpaired) electrons. The average molecular weight is 248 g/mol. The van der Waals surface area contributed by atoms with Crippen molar-refractivity contribution in [3.05, 3.63) is 29.8 Å². The van der Waals surface area contributed by atoms with Crippen molar-refractivity contribution in [1.29, 1.82) is 0 Å². The lowest BCUT2D eigenvalue weighted by atomic mass is 10.0. The predicted octanol–water partition coefficient (Wildman–Crippen LogP) is 2.19. The third-order valence-corrected chi connectivity index (χ3v) is 2.17. The van der Waals surface area contributed by atoms with E-state index in [1.165, 1.54) is 31.4 Å². The van der Waals surface area contributed by atoms with Crippen molar-refractivity contribution in [3.8, 4) is 5.75 Å². The Bertz CT molecular complexity index is 384. The number of methoxy groups -OCH3 is 1. The third-order valence-electron chi connectivity index (χ3n) is 2.17. The highest BCUT2D eigenvalue weighted by Crippen LogP contribution is 2.23. The molecule has 1 rings (SSSR count). The van der Waals surface area contributed by atoms with Crippen LogP contribution >= 0.6 is 0 Å². The van der Waals surface area contributed by atoms with Gasteiger partial charge in [0.2, 0.25) is 0 Å². The van der Waals surface area contributed by atoms with E-state index >= 15 is 0 Å². The Kier molecular flexibility index (Phi) is 4.11. The lowest BCUT2D eigenvalue weighted by Gasteiger charge is -2.13. The first-order valence-corrected chi connectivity index (χ1v) is 4.76. The van der Waals surface area contributed by atoms with E-state index in [1.807, 2.05) is 0 Å². The maximum atomic E-state index is 12.0. The summed E-state index contributed by atoms with van der Waals surface area (Å²) in [5.74, 6) is -0.268. The van der Waals surface area contributed by atoms with Gasteiger partial charge in [-0.25, -0.2) is 0 Å². The van der Waals surface area contributed by atoms with E-state index in [-0.39, 0.29) is 5.56 Å². The maximum absolute atomic E-state index is 12.0. The lowest BCUT2D eigenvalue weighted by molar-refractivity contribution is -0.202. The fourth-order valence-corrected chi connectivity index (χ4v) is 1.19. The van der Waals surface area contributed by atoms with E-state index in [9.17, 15) is 18.0 Å². The summed E-state index contributed by atoms with van der Waals surface area (Å²) >= 11 is 0. The molecular formula is C11H11F3O3. The molecule has 0 aliphatic rings. The monoisotopic (exact) mass is 248 g/mol. The Labute approximate surface area is 95.8 Å². The molecule has 0 amide bonds. The first-order valence-electron chi connectivity index (χ1n) is 4.76. The van der Waals surface area contributed by atoms with E-state index in [0.717, 1.165) is 0 Å². The van der Waals surface area contributed by atoms with E-state index in [2.05, 4.69) is 0 Å². The Morgan fingerprint density at radius 3 is 2.29 bits per heavy atom. The molecule has 1 aromatic carbocycles. The molecule has 0 spiro atoms. The summed E-state index contributed by atoms with van der Waals surface area (Å²) in [7, 11) is 1.43. The Balaban J connectivity index is 2.70. The number of ketones is 1. The first kappa shape index (κ1) is 13.5. The number of benzene rings is 1. The van der Waals surface area contributed by atoms with Crippen molar-refractivity contribution < 1.29 is 27.8 Å². The van der Waals surface area contributed by atoms with Crippen molar-refractivity contribution in [2.45, 2.75) is 18.7 Å². The van der Waals surface area contributed by atoms with Crippen LogP contribution < -0.4 is 4.74 Å². The Morgan fingerprint density at radius 2 is 1.88 bits per heavy atom. The highest BCUT2D eigenvalue weighted by molar-refractivity contribution is 5.96. The molecule has 0 saturated heterocycles. The van der Waals surface area contributed by atoms with Crippen LogP contribution in [0, 0.1) is 0 Å². The molecule has 0 bridgehead atoms. The standard InChI is InChI=1S/C11H11F3O3/c1-17-8-4-2-7(3-5-8)9(15)6-10(16)11(12,13)14/h2-5,10,16H,6H2,1H3. The van der Waals surface area contributed by atoms with Gasteiger partial charge >= 0.3 is 6.18 Å². The zero-order chi connectivity index (χ0) is 13.1. The van der Waals surface area contributed by atoms with Crippen LogP contribution in [-0.4, -0.2) is 30.3 Å². The highest BCUT2D eigenvalue weighted by atomic mass is 19.4. The number of hydrogen-bond donors (Lipinski definition) is 1. The summed E-state index contributed by atoms with van der Waals surface area (Å²) < 4.78 is 40.9. The minimum absolute atomic E-state index is 0.106. The largest absolute Gasteiger partial charge is 0.497 e. The number of aliphatic hydroxyl groups excluding tert-OH is 1. The van der Waals surface area contributed by atoms with Crippen LogP contribution in [0.2, 0.25) is 0 Å². The predicted molar refractivity (Wildman–Crippen MR) is 54.0 cm³/mol. The molecule has 0 aromatic heterocycles. The normalized spacial score (nSPS) is 13.2. The van der Waals surface area contributed by atoms with Crippen molar-refractivity contribution in [3.63, 3.8) is 0 Å². The van der Waals surface area contributed by atoms with Crippen LogP contribution in [0.4, 0.5) is 13.2 Å². The number of ether oxygens (including phenoxy) is 1. The van der Waals surface area contributed by atoms with Crippen LogP contribution in [0.25, 0.3) is 0 Å². The SMILES string of the molecule is COc1ccc(C(=O)CC(O)C(F)(F)F)cc1. The summed E-state index contributed by atoms with van der Waals surface area (Å²) in [5, 5.41) is 8.75. The van der Waals surface area contributed by atoms with E-state index in [1.54, 1.807) is 0 Å². The molecule has 1 unspecified atom stereocenters. The van der Waals surface area contributed by atoms with E-state index in [4.69, 9.17) is 9.84 Å². The average Bonchev–Trinajstić information content (AvgIpc) is 2.27. The van der Waals surface area contributed by atoms with Crippen LogP contribution in [0.5, 0.6) is 5.75 Å². The number of hydrogen-bond acceptors (Lipinski definition) is 3. The molecule has 1 N–H and O–H groups in total.